The second kappa shape index (κ2) is 6.41. The van der Waals surface area contributed by atoms with Crippen molar-refractivity contribution in [1.29, 1.82) is 0 Å². The van der Waals surface area contributed by atoms with E-state index in [2.05, 4.69) is 5.32 Å². The zero-order valence-electron chi connectivity index (χ0n) is 12.2. The van der Waals surface area contributed by atoms with Gasteiger partial charge < -0.3 is 10.1 Å². The summed E-state index contributed by atoms with van der Waals surface area (Å²) in [6.07, 6.45) is 4.57. The molecule has 0 aromatic rings. The lowest BCUT2D eigenvalue weighted by molar-refractivity contribution is -0.127. The quantitative estimate of drug-likeness (QED) is 0.813. The molecular weight excluding hydrogens is 280 g/mol. The molecule has 2 atom stereocenters. The van der Waals surface area contributed by atoms with Gasteiger partial charge in [0.15, 0.2) is 0 Å². The Bertz CT molecular complexity index is 437. The highest BCUT2D eigenvalue weighted by Gasteiger charge is 2.31. The van der Waals surface area contributed by atoms with Gasteiger partial charge in [-0.3, -0.25) is 4.79 Å². The minimum Gasteiger partial charge on any atom is -0.376 e. The molecule has 1 N–H and O–H groups in total. The van der Waals surface area contributed by atoms with Gasteiger partial charge >= 0.3 is 0 Å². The number of nitrogens with one attached hydrogen (secondary N) is 1. The monoisotopic (exact) mass is 304 g/mol. The minimum absolute atomic E-state index is 0.0259. The first-order valence-corrected chi connectivity index (χ1v) is 9.10. The van der Waals surface area contributed by atoms with Crippen LogP contribution in [-0.4, -0.2) is 56.7 Å². The molecule has 0 radical (unpaired) electrons. The topological polar surface area (TPSA) is 75.7 Å². The van der Waals surface area contributed by atoms with Crippen LogP contribution in [0.25, 0.3) is 0 Å². The van der Waals surface area contributed by atoms with Crippen LogP contribution in [0.2, 0.25) is 0 Å². The van der Waals surface area contributed by atoms with Crippen LogP contribution in [0.3, 0.4) is 0 Å². The van der Waals surface area contributed by atoms with Gasteiger partial charge in [-0.05, 0) is 32.6 Å². The third-order valence-corrected chi connectivity index (χ3v) is 5.49. The zero-order valence-corrected chi connectivity index (χ0v) is 13.0. The number of hydrogen-bond donors (Lipinski definition) is 1. The maximum atomic E-state index is 12.2. The molecule has 7 heteroatoms. The van der Waals surface area contributed by atoms with Gasteiger partial charge in [-0.2, -0.15) is 0 Å². The number of rotatable bonds is 4. The van der Waals surface area contributed by atoms with Gasteiger partial charge in [0.05, 0.1) is 18.4 Å². The van der Waals surface area contributed by atoms with E-state index in [0.717, 1.165) is 19.4 Å². The largest absolute Gasteiger partial charge is 0.376 e. The molecule has 20 heavy (non-hydrogen) atoms. The van der Waals surface area contributed by atoms with Gasteiger partial charge in [0.25, 0.3) is 0 Å². The number of piperidine rings is 1. The van der Waals surface area contributed by atoms with Crippen molar-refractivity contribution in [3.05, 3.63) is 0 Å². The number of carbonyl (C=O) groups excluding carboxylic acids is 1. The van der Waals surface area contributed by atoms with Gasteiger partial charge in [0.1, 0.15) is 0 Å². The molecule has 0 bridgehead atoms. The molecule has 6 nitrogen and oxygen atoms in total. The van der Waals surface area contributed by atoms with E-state index in [4.69, 9.17) is 4.74 Å². The van der Waals surface area contributed by atoms with Crippen molar-refractivity contribution in [2.45, 2.75) is 44.8 Å². The number of hydrogen-bond acceptors (Lipinski definition) is 4. The van der Waals surface area contributed by atoms with Gasteiger partial charge in [0, 0.05) is 25.6 Å². The molecule has 0 spiro atoms. The molecule has 0 aliphatic carbocycles. The van der Waals surface area contributed by atoms with Gasteiger partial charge in [0.2, 0.25) is 15.9 Å². The molecule has 2 fully saturated rings. The SMILES string of the molecule is C[C@H](NC(=O)C1CCN(S(C)(=O)=O)CC1)[C@@H]1CCCO1. The van der Waals surface area contributed by atoms with Crippen molar-refractivity contribution in [3.63, 3.8) is 0 Å². The van der Waals surface area contributed by atoms with E-state index in [1.807, 2.05) is 6.92 Å². The van der Waals surface area contributed by atoms with Crippen LogP contribution in [0.4, 0.5) is 0 Å². The third kappa shape index (κ3) is 3.93. The number of amides is 1. The fourth-order valence-corrected chi connectivity index (χ4v) is 3.76. The van der Waals surface area contributed by atoms with E-state index >= 15 is 0 Å². The van der Waals surface area contributed by atoms with Gasteiger partial charge in [-0.15, -0.1) is 0 Å². The second-order valence-corrected chi connectivity index (χ2v) is 7.77. The fourth-order valence-electron chi connectivity index (χ4n) is 2.88. The first kappa shape index (κ1) is 15.7. The van der Waals surface area contributed by atoms with Crippen LogP contribution in [0.15, 0.2) is 0 Å². The molecule has 2 saturated heterocycles. The van der Waals surface area contributed by atoms with Crippen molar-refractivity contribution < 1.29 is 17.9 Å². The Kier molecular flexibility index (Phi) is 5.04. The lowest BCUT2D eigenvalue weighted by atomic mass is 9.96. The number of nitrogens with zero attached hydrogens (tertiary/aromatic N) is 1. The molecule has 0 aromatic carbocycles. The summed E-state index contributed by atoms with van der Waals surface area (Å²) >= 11 is 0. The van der Waals surface area contributed by atoms with Gasteiger partial charge in [-0.1, -0.05) is 0 Å². The van der Waals surface area contributed by atoms with E-state index in [1.54, 1.807) is 0 Å². The summed E-state index contributed by atoms with van der Waals surface area (Å²) in [6, 6.07) is 0.0259. The van der Waals surface area contributed by atoms with E-state index < -0.39 is 10.0 Å². The van der Waals surface area contributed by atoms with E-state index in [9.17, 15) is 13.2 Å². The van der Waals surface area contributed by atoms with Crippen LogP contribution in [0.1, 0.15) is 32.6 Å². The molecule has 0 unspecified atom stereocenters. The number of carbonyl (C=O) groups is 1. The number of ether oxygens (including phenoxy) is 1. The Labute approximate surface area is 120 Å². The molecule has 0 saturated carbocycles. The predicted octanol–water partition coefficient (Wildman–Crippen LogP) is 0.342. The number of sulfonamides is 1. The van der Waals surface area contributed by atoms with Crippen LogP contribution in [0.5, 0.6) is 0 Å². The Morgan fingerprint density at radius 3 is 2.45 bits per heavy atom. The lowest BCUT2D eigenvalue weighted by Crippen LogP contribution is -2.47. The fraction of sp³-hybridized carbons (Fsp3) is 0.923. The summed E-state index contributed by atoms with van der Waals surface area (Å²) in [7, 11) is -3.13. The highest BCUT2D eigenvalue weighted by atomic mass is 32.2. The van der Waals surface area contributed by atoms with Crippen molar-refractivity contribution in [2.24, 2.45) is 5.92 Å². The molecule has 116 valence electrons. The summed E-state index contributed by atoms with van der Waals surface area (Å²) in [6.45, 7) is 3.62. The van der Waals surface area contributed by atoms with E-state index in [0.29, 0.717) is 25.9 Å². The highest BCUT2D eigenvalue weighted by Crippen LogP contribution is 2.21. The first-order valence-electron chi connectivity index (χ1n) is 7.25. The highest BCUT2D eigenvalue weighted by molar-refractivity contribution is 7.88. The first-order chi connectivity index (χ1) is 9.38. The Morgan fingerprint density at radius 2 is 1.95 bits per heavy atom. The van der Waals surface area contributed by atoms with Crippen molar-refractivity contribution in [3.8, 4) is 0 Å². The predicted molar refractivity (Wildman–Crippen MR) is 75.7 cm³/mol. The molecule has 2 aliphatic rings. The standard InChI is InChI=1S/C13H24N2O4S/c1-10(12-4-3-9-19-12)14-13(16)11-5-7-15(8-6-11)20(2,17)18/h10-12H,3-9H2,1-2H3,(H,14,16)/t10-,12-/m0/s1. The molecule has 1 amide bonds. The Hall–Kier alpha value is -0.660. The maximum absolute atomic E-state index is 12.2. The van der Waals surface area contributed by atoms with Crippen molar-refractivity contribution in [2.75, 3.05) is 26.0 Å². The zero-order chi connectivity index (χ0) is 14.8. The molecule has 2 heterocycles. The molecule has 2 aliphatic heterocycles. The third-order valence-electron chi connectivity index (χ3n) is 4.19. The molecule has 2 rings (SSSR count). The second-order valence-electron chi connectivity index (χ2n) is 5.79. The Morgan fingerprint density at radius 1 is 1.30 bits per heavy atom. The average Bonchev–Trinajstić information content (AvgIpc) is 2.91. The van der Waals surface area contributed by atoms with Crippen LogP contribution < -0.4 is 5.32 Å². The maximum Gasteiger partial charge on any atom is 0.223 e. The van der Waals surface area contributed by atoms with Crippen molar-refractivity contribution >= 4 is 15.9 Å². The average molecular weight is 304 g/mol. The summed E-state index contributed by atoms with van der Waals surface area (Å²) in [5, 5.41) is 3.01. The normalized spacial score (nSPS) is 27.4. The summed E-state index contributed by atoms with van der Waals surface area (Å²) < 4.78 is 29.9. The lowest BCUT2D eigenvalue weighted by Gasteiger charge is -2.30. The summed E-state index contributed by atoms with van der Waals surface area (Å²) in [4.78, 5) is 12.2. The summed E-state index contributed by atoms with van der Waals surface area (Å²) in [5.41, 5.74) is 0. The molecular formula is C13H24N2O4S. The molecule has 0 aromatic heterocycles. The van der Waals surface area contributed by atoms with Crippen molar-refractivity contribution in [1.82, 2.24) is 9.62 Å². The Balaban J connectivity index is 1.79. The van der Waals surface area contributed by atoms with E-state index in [1.165, 1.54) is 10.6 Å². The minimum atomic E-state index is -3.13. The summed E-state index contributed by atoms with van der Waals surface area (Å²) in [5.74, 6) is -0.0574. The van der Waals surface area contributed by atoms with Crippen LogP contribution in [0, 0.1) is 5.92 Å². The smallest absolute Gasteiger partial charge is 0.223 e. The van der Waals surface area contributed by atoms with Crippen LogP contribution in [-0.2, 0) is 19.6 Å². The van der Waals surface area contributed by atoms with Crippen LogP contribution >= 0.6 is 0 Å². The van der Waals surface area contributed by atoms with Gasteiger partial charge in [-0.25, -0.2) is 12.7 Å². The van der Waals surface area contributed by atoms with E-state index in [-0.39, 0.29) is 24.0 Å².